The standard InChI is InChI=1S/C71H29F30N3/c72-62(73,74)36-5-14-41(51(24-36)67(87,88)89)31-1-10-46-47-11-2-32(42-15-6-37(63(75,76)77)25-52(42)68(90,91)92)20-58(47)103(57(46)19-31)56-29-50(45-18-9-40(66(84,85)86)28-55(45)71(99,100)101)61(23-35(56)30-102)104-59-21-33(43-16-7-38(64(78,79)80)26-53(43)69(93,94)95)3-12-48(59)49-13-4-34(22-60(49)104)44-17-8-39(65(81,82)83)27-54(44)70(96,97)98/h1-29H. The third-order valence-corrected chi connectivity index (χ3v) is 17.0. The van der Waals surface area contributed by atoms with Crippen LogP contribution in [-0.4, -0.2) is 9.13 Å². The van der Waals surface area contributed by atoms with Gasteiger partial charge >= 0.3 is 61.8 Å². The average Bonchev–Trinajstić information content (AvgIpc) is 1.52. The predicted octanol–water partition coefficient (Wildman–Crippen LogP) is 26.3. The van der Waals surface area contributed by atoms with E-state index in [2.05, 4.69) is 0 Å². The van der Waals surface area contributed by atoms with Gasteiger partial charge in [-0.3, -0.25) is 0 Å². The summed E-state index contributed by atoms with van der Waals surface area (Å²) in [6.45, 7) is 0. The van der Waals surface area contributed by atoms with E-state index in [9.17, 15) is 97.5 Å². The quantitative estimate of drug-likeness (QED) is 0.146. The third-order valence-electron chi connectivity index (χ3n) is 17.0. The minimum atomic E-state index is -6.00. The molecule has 0 spiro atoms. The monoisotopic (exact) mass is 1490 g/mol. The molecule has 12 aromatic rings. The van der Waals surface area contributed by atoms with Crippen molar-refractivity contribution in [3.63, 3.8) is 0 Å². The van der Waals surface area contributed by atoms with Crippen LogP contribution in [0.3, 0.4) is 0 Å². The molecule has 0 fully saturated rings. The molecule has 3 nitrogen and oxygen atoms in total. The molecule has 0 saturated heterocycles. The van der Waals surface area contributed by atoms with Gasteiger partial charge in [0.1, 0.15) is 6.07 Å². The summed E-state index contributed by atoms with van der Waals surface area (Å²) in [4.78, 5) is 0. The van der Waals surface area contributed by atoms with Crippen LogP contribution in [0.2, 0.25) is 0 Å². The zero-order chi connectivity index (χ0) is 76.3. The number of nitriles is 1. The summed E-state index contributed by atoms with van der Waals surface area (Å²) >= 11 is 0. The van der Waals surface area contributed by atoms with Gasteiger partial charge in [-0.2, -0.15) is 137 Å². The first-order valence-corrected chi connectivity index (χ1v) is 29.0. The van der Waals surface area contributed by atoms with Crippen LogP contribution >= 0.6 is 0 Å². The van der Waals surface area contributed by atoms with Crippen molar-refractivity contribution in [2.75, 3.05) is 0 Å². The molecule has 33 heteroatoms. The minimum absolute atomic E-state index is 0.0461. The van der Waals surface area contributed by atoms with Gasteiger partial charge in [-0.25, -0.2) is 0 Å². The van der Waals surface area contributed by atoms with Gasteiger partial charge in [0.25, 0.3) is 0 Å². The Morgan fingerprint density at radius 1 is 0.212 bits per heavy atom. The Bertz CT molecular complexity index is 5270. The fourth-order valence-corrected chi connectivity index (χ4v) is 12.5. The summed E-state index contributed by atoms with van der Waals surface area (Å²) in [5, 5.41) is 10.2. The third kappa shape index (κ3) is 13.3. The molecule has 12 rings (SSSR count). The number of hydrogen-bond donors (Lipinski definition) is 0. The SMILES string of the molecule is N#Cc1cc(-n2c3cc(-c4ccc(C(F)(F)F)cc4C(F)(F)F)ccc3c3ccc(-c4ccc(C(F)(F)F)cc4C(F)(F)F)cc32)c(-c2ccc(C(F)(F)F)cc2C(F)(F)F)cc1-n1c2cc(-c3ccc(C(F)(F)F)cc3C(F)(F)F)ccc2c2ccc(-c3ccc(C(F)(F)F)cc3C(F)(F)F)cc21. The molecule has 0 atom stereocenters. The molecule has 0 saturated carbocycles. The Kier molecular flexibility index (Phi) is 16.9. The molecule has 10 aromatic carbocycles. The Hall–Kier alpha value is -10.8. The van der Waals surface area contributed by atoms with Gasteiger partial charge in [0, 0.05) is 27.1 Å². The van der Waals surface area contributed by atoms with E-state index in [0.29, 0.717) is 45.5 Å². The van der Waals surface area contributed by atoms with Crippen molar-refractivity contribution in [3.8, 4) is 73.1 Å². The van der Waals surface area contributed by atoms with Crippen LogP contribution in [0.15, 0.2) is 176 Å². The molecule has 0 amide bonds. The van der Waals surface area contributed by atoms with E-state index in [1.807, 2.05) is 0 Å². The average molecular weight is 1490 g/mol. The molecule has 0 bridgehead atoms. The second-order valence-electron chi connectivity index (χ2n) is 23.4. The summed E-state index contributed by atoms with van der Waals surface area (Å²) in [6, 6.07) is 13.5. The maximum Gasteiger partial charge on any atom is 0.417 e. The van der Waals surface area contributed by atoms with Crippen LogP contribution in [0.25, 0.3) is 111 Å². The van der Waals surface area contributed by atoms with Gasteiger partial charge < -0.3 is 9.13 Å². The van der Waals surface area contributed by atoms with Crippen molar-refractivity contribution < 1.29 is 132 Å². The molecule has 2 aromatic heterocycles. The van der Waals surface area contributed by atoms with Crippen molar-refractivity contribution in [2.45, 2.75) is 61.8 Å². The van der Waals surface area contributed by atoms with Crippen LogP contribution < -0.4 is 0 Å². The maximum absolute atomic E-state index is 16.0. The number of hydrogen-bond acceptors (Lipinski definition) is 1. The van der Waals surface area contributed by atoms with E-state index in [-0.39, 0.29) is 82.2 Å². The largest absolute Gasteiger partial charge is 0.417 e. The van der Waals surface area contributed by atoms with Gasteiger partial charge in [0.15, 0.2) is 0 Å². The molecule has 0 radical (unpaired) electrons. The van der Waals surface area contributed by atoms with E-state index in [1.165, 1.54) is 0 Å². The zero-order valence-corrected chi connectivity index (χ0v) is 50.4. The van der Waals surface area contributed by atoms with E-state index in [4.69, 9.17) is 0 Å². The van der Waals surface area contributed by atoms with E-state index in [1.54, 1.807) is 6.07 Å². The number of halogens is 30. The van der Waals surface area contributed by atoms with E-state index >= 15 is 39.5 Å². The van der Waals surface area contributed by atoms with Crippen molar-refractivity contribution in [2.24, 2.45) is 0 Å². The lowest BCUT2D eigenvalue weighted by Crippen LogP contribution is -2.13. The number of aromatic nitrogens is 2. The summed E-state index contributed by atoms with van der Waals surface area (Å²) in [5.74, 6) is 0. The van der Waals surface area contributed by atoms with Gasteiger partial charge in [0.2, 0.25) is 0 Å². The molecular weight excluding hydrogens is 1460 g/mol. The molecule has 538 valence electrons. The molecule has 0 aliphatic heterocycles. The topological polar surface area (TPSA) is 33.6 Å². The molecule has 0 aliphatic carbocycles. The Morgan fingerprint density at radius 2 is 0.433 bits per heavy atom. The fourth-order valence-electron chi connectivity index (χ4n) is 12.5. The smallest absolute Gasteiger partial charge is 0.309 e. The van der Waals surface area contributed by atoms with Crippen LogP contribution in [0, 0.1) is 11.3 Å². The minimum Gasteiger partial charge on any atom is -0.309 e. The fraction of sp³-hybridized carbons (Fsp3) is 0.141. The van der Waals surface area contributed by atoms with Crippen molar-refractivity contribution >= 4 is 43.6 Å². The first kappa shape index (κ1) is 73.0. The Labute approximate surface area is 560 Å². The summed E-state index contributed by atoms with van der Waals surface area (Å²) < 4.78 is 442. The number of rotatable bonds is 7. The lowest BCUT2D eigenvalue weighted by atomic mass is 9.93. The first-order chi connectivity index (χ1) is 47.8. The van der Waals surface area contributed by atoms with Gasteiger partial charge in [-0.15, -0.1) is 0 Å². The Balaban J connectivity index is 1.28. The molecule has 0 unspecified atom stereocenters. The number of alkyl halides is 30. The summed E-state index contributed by atoms with van der Waals surface area (Å²) in [6.07, 6.45) is -56.1. The second-order valence-corrected chi connectivity index (χ2v) is 23.4. The van der Waals surface area contributed by atoms with Crippen molar-refractivity contribution in [3.05, 3.63) is 237 Å². The van der Waals surface area contributed by atoms with Gasteiger partial charge in [-0.05, 0) is 147 Å². The van der Waals surface area contributed by atoms with Crippen molar-refractivity contribution in [1.82, 2.24) is 9.13 Å². The van der Waals surface area contributed by atoms with E-state index in [0.717, 1.165) is 72.8 Å². The van der Waals surface area contributed by atoms with Gasteiger partial charge in [0.05, 0.1) is 94.6 Å². The molecule has 0 aliphatic rings. The highest BCUT2D eigenvalue weighted by Gasteiger charge is 2.45. The predicted molar refractivity (Wildman–Crippen MR) is 317 cm³/mol. The molecule has 2 heterocycles. The van der Waals surface area contributed by atoms with Crippen LogP contribution in [-0.2, 0) is 61.8 Å². The normalized spacial score (nSPS) is 13.5. The molecule has 104 heavy (non-hydrogen) atoms. The summed E-state index contributed by atoms with van der Waals surface area (Å²) in [7, 11) is 0. The molecule has 0 N–H and O–H groups in total. The van der Waals surface area contributed by atoms with Gasteiger partial charge in [-0.1, -0.05) is 78.9 Å². The lowest BCUT2D eigenvalue weighted by Gasteiger charge is -2.22. The number of fused-ring (bicyclic) bond motifs is 6. The van der Waals surface area contributed by atoms with Crippen LogP contribution in [0.5, 0.6) is 0 Å². The number of nitrogens with zero attached hydrogens (tertiary/aromatic N) is 3. The summed E-state index contributed by atoms with van der Waals surface area (Å²) in [5.41, 5.74) is -35.0. The second kappa shape index (κ2) is 24.1. The van der Waals surface area contributed by atoms with Crippen molar-refractivity contribution in [1.29, 1.82) is 5.26 Å². The first-order valence-electron chi connectivity index (χ1n) is 29.0. The highest BCUT2D eigenvalue weighted by atomic mass is 19.4. The zero-order valence-electron chi connectivity index (χ0n) is 50.4. The lowest BCUT2D eigenvalue weighted by molar-refractivity contribution is -0.144. The maximum atomic E-state index is 16.0. The number of benzene rings is 10. The highest BCUT2D eigenvalue weighted by Crippen LogP contribution is 2.52. The highest BCUT2D eigenvalue weighted by molar-refractivity contribution is 6.14. The molecular formula is C71H29F30N3. The van der Waals surface area contributed by atoms with Crippen LogP contribution in [0.1, 0.15) is 61.2 Å². The Morgan fingerprint density at radius 3 is 0.654 bits per heavy atom. The van der Waals surface area contributed by atoms with Crippen LogP contribution in [0.4, 0.5) is 132 Å². The van der Waals surface area contributed by atoms with E-state index < -0.39 is 218 Å².